The van der Waals surface area contributed by atoms with Gasteiger partial charge in [0.25, 0.3) is 0 Å². The first-order chi connectivity index (χ1) is 19.5. The molecule has 8 heteroatoms. The zero-order chi connectivity index (χ0) is 27.9. The van der Waals surface area contributed by atoms with E-state index < -0.39 is 11.7 Å². The number of amides is 1. The van der Waals surface area contributed by atoms with Crippen molar-refractivity contribution in [3.8, 4) is 22.6 Å². The summed E-state index contributed by atoms with van der Waals surface area (Å²) in [4.78, 5) is 37.2. The summed E-state index contributed by atoms with van der Waals surface area (Å²) in [5.41, 5.74) is 2.36. The van der Waals surface area contributed by atoms with Crippen molar-refractivity contribution in [1.29, 1.82) is 0 Å². The van der Waals surface area contributed by atoms with Gasteiger partial charge in [0.2, 0.25) is 0 Å². The molecule has 1 heterocycles. The Hall–Kier alpha value is -4.59. The van der Waals surface area contributed by atoms with Gasteiger partial charge < -0.3 is 23.9 Å². The van der Waals surface area contributed by atoms with Crippen molar-refractivity contribution in [3.63, 3.8) is 0 Å². The number of esters is 1. The second-order valence-electron chi connectivity index (χ2n) is 9.95. The van der Waals surface area contributed by atoms with Crippen LogP contribution in [-0.4, -0.2) is 25.7 Å². The number of hydrogen-bond donors (Lipinski definition) is 1. The van der Waals surface area contributed by atoms with Crippen LogP contribution < -0.4 is 20.4 Å². The van der Waals surface area contributed by atoms with Crippen molar-refractivity contribution in [2.24, 2.45) is 11.8 Å². The van der Waals surface area contributed by atoms with Crippen LogP contribution in [0.2, 0.25) is 0 Å². The lowest BCUT2D eigenvalue weighted by Crippen LogP contribution is -2.33. The normalized spacial score (nSPS) is 16.7. The number of nitrogens with one attached hydrogen (secondary N) is 1. The standard InChI is InChI=1S/C32H31NO7/c1-37-25-13-11-23(12-14-25)28-18-30(34)40-29-17-26(15-16-27(28)29)39-31(35)24-9-7-21(8-10-24)19-33-32(36)38-20-22-5-3-2-4-6-22/h2-6,11-18,21,24H,7-10,19-20H2,1H3,(H,33,36). The number of hydrogen-bond acceptors (Lipinski definition) is 7. The molecule has 1 amide bonds. The molecule has 0 bridgehead atoms. The van der Waals surface area contributed by atoms with E-state index in [9.17, 15) is 14.4 Å². The minimum Gasteiger partial charge on any atom is -0.497 e. The molecule has 40 heavy (non-hydrogen) atoms. The zero-order valence-electron chi connectivity index (χ0n) is 22.3. The number of rotatable bonds is 8. The molecule has 1 aliphatic carbocycles. The predicted octanol–water partition coefficient (Wildman–Crippen LogP) is 6.11. The number of ether oxygens (including phenoxy) is 3. The lowest BCUT2D eigenvalue weighted by molar-refractivity contribution is -0.140. The van der Waals surface area contributed by atoms with E-state index in [4.69, 9.17) is 18.6 Å². The van der Waals surface area contributed by atoms with Gasteiger partial charge in [0.1, 0.15) is 23.7 Å². The molecule has 0 atom stereocenters. The molecule has 8 nitrogen and oxygen atoms in total. The Morgan fingerprint density at radius 1 is 0.900 bits per heavy atom. The van der Waals surface area contributed by atoms with Crippen LogP contribution in [0.3, 0.4) is 0 Å². The number of methoxy groups -OCH3 is 1. The van der Waals surface area contributed by atoms with Gasteiger partial charge in [-0.05, 0) is 72.6 Å². The maximum Gasteiger partial charge on any atom is 0.407 e. The highest BCUT2D eigenvalue weighted by molar-refractivity contribution is 5.94. The molecule has 206 valence electrons. The molecule has 0 aliphatic heterocycles. The van der Waals surface area contributed by atoms with Gasteiger partial charge >= 0.3 is 17.7 Å². The number of alkyl carbamates (subject to hydrolysis) is 1. The van der Waals surface area contributed by atoms with Gasteiger partial charge in [0, 0.05) is 24.1 Å². The van der Waals surface area contributed by atoms with E-state index >= 15 is 0 Å². The zero-order valence-corrected chi connectivity index (χ0v) is 22.3. The minimum absolute atomic E-state index is 0.227. The van der Waals surface area contributed by atoms with Crippen LogP contribution in [-0.2, 0) is 16.1 Å². The Kier molecular flexibility index (Phi) is 8.44. The first-order valence-electron chi connectivity index (χ1n) is 13.4. The van der Waals surface area contributed by atoms with Gasteiger partial charge in [-0.25, -0.2) is 9.59 Å². The number of benzene rings is 3. The summed E-state index contributed by atoms with van der Waals surface area (Å²) in [6.07, 6.45) is 2.51. The van der Waals surface area contributed by atoms with Crippen LogP contribution in [0, 0.1) is 11.8 Å². The summed E-state index contributed by atoms with van der Waals surface area (Å²) in [6.45, 7) is 0.738. The fraction of sp³-hybridized carbons (Fsp3) is 0.281. The highest BCUT2D eigenvalue weighted by Crippen LogP contribution is 2.33. The van der Waals surface area contributed by atoms with Crippen molar-refractivity contribution in [1.82, 2.24) is 5.32 Å². The highest BCUT2D eigenvalue weighted by Gasteiger charge is 2.28. The maximum absolute atomic E-state index is 12.9. The third-order valence-electron chi connectivity index (χ3n) is 7.26. The first kappa shape index (κ1) is 27.0. The smallest absolute Gasteiger partial charge is 0.407 e. The Labute approximate surface area is 231 Å². The largest absolute Gasteiger partial charge is 0.497 e. The monoisotopic (exact) mass is 541 g/mol. The topological polar surface area (TPSA) is 104 Å². The summed E-state index contributed by atoms with van der Waals surface area (Å²) < 4.78 is 21.6. The number of carbonyl (C=O) groups is 2. The highest BCUT2D eigenvalue weighted by atomic mass is 16.5. The molecule has 0 radical (unpaired) electrons. The second-order valence-corrected chi connectivity index (χ2v) is 9.95. The Morgan fingerprint density at radius 2 is 1.62 bits per heavy atom. The molecule has 5 rings (SSSR count). The number of carbonyl (C=O) groups excluding carboxylic acids is 2. The van der Waals surface area contributed by atoms with Gasteiger partial charge in [-0.2, -0.15) is 0 Å². The second kappa shape index (κ2) is 12.5. The minimum atomic E-state index is -0.488. The van der Waals surface area contributed by atoms with E-state index in [2.05, 4.69) is 5.32 Å². The molecule has 1 saturated carbocycles. The third-order valence-corrected chi connectivity index (χ3v) is 7.26. The van der Waals surface area contributed by atoms with Gasteiger partial charge in [-0.1, -0.05) is 42.5 Å². The van der Waals surface area contributed by atoms with Crippen LogP contribution in [0.25, 0.3) is 22.1 Å². The molecule has 1 N–H and O–H groups in total. The Morgan fingerprint density at radius 3 is 2.35 bits per heavy atom. The Bertz CT molecular complexity index is 1520. The van der Waals surface area contributed by atoms with Crippen LogP contribution in [0.1, 0.15) is 31.2 Å². The molecule has 0 spiro atoms. The number of fused-ring (bicyclic) bond motifs is 1. The molecule has 1 aromatic heterocycles. The van der Waals surface area contributed by atoms with Crippen molar-refractivity contribution >= 4 is 23.0 Å². The average Bonchev–Trinajstić information content (AvgIpc) is 2.99. The quantitative estimate of drug-likeness (QED) is 0.163. The van der Waals surface area contributed by atoms with Gasteiger partial charge in [-0.3, -0.25) is 4.79 Å². The third kappa shape index (κ3) is 6.69. The molecule has 1 aliphatic rings. The van der Waals surface area contributed by atoms with Crippen LogP contribution in [0.15, 0.2) is 88.1 Å². The fourth-order valence-corrected chi connectivity index (χ4v) is 5.02. The van der Waals surface area contributed by atoms with Crippen LogP contribution in [0.4, 0.5) is 4.79 Å². The molecular weight excluding hydrogens is 510 g/mol. The molecule has 1 fully saturated rings. The molecule has 3 aromatic carbocycles. The van der Waals surface area contributed by atoms with E-state index in [-0.39, 0.29) is 24.4 Å². The van der Waals surface area contributed by atoms with Crippen LogP contribution in [0.5, 0.6) is 11.5 Å². The SMILES string of the molecule is COc1ccc(-c2cc(=O)oc3cc(OC(=O)C4CCC(CNC(=O)OCc5ccccc5)CC4)ccc23)cc1. The molecule has 0 unspecified atom stereocenters. The lowest BCUT2D eigenvalue weighted by atomic mass is 9.82. The predicted molar refractivity (Wildman–Crippen MR) is 150 cm³/mol. The van der Waals surface area contributed by atoms with Gasteiger partial charge in [0.05, 0.1) is 13.0 Å². The molecule has 0 saturated heterocycles. The van der Waals surface area contributed by atoms with Crippen molar-refractivity contribution in [2.45, 2.75) is 32.3 Å². The van der Waals surface area contributed by atoms with E-state index in [0.29, 0.717) is 30.7 Å². The van der Waals surface area contributed by atoms with Crippen molar-refractivity contribution in [2.75, 3.05) is 13.7 Å². The molecule has 4 aromatic rings. The average molecular weight is 542 g/mol. The lowest BCUT2D eigenvalue weighted by Gasteiger charge is -2.27. The van der Waals surface area contributed by atoms with E-state index in [1.54, 1.807) is 25.3 Å². The summed E-state index contributed by atoms with van der Waals surface area (Å²) >= 11 is 0. The maximum atomic E-state index is 12.9. The van der Waals surface area contributed by atoms with Crippen molar-refractivity contribution < 1.29 is 28.2 Å². The fourth-order valence-electron chi connectivity index (χ4n) is 5.02. The van der Waals surface area contributed by atoms with E-state index in [1.807, 2.05) is 54.6 Å². The molecular formula is C32H31NO7. The summed E-state index contributed by atoms with van der Waals surface area (Å²) in [5.74, 6) is 0.797. The Balaban J connectivity index is 1.14. The summed E-state index contributed by atoms with van der Waals surface area (Å²) in [5, 5.41) is 3.57. The van der Waals surface area contributed by atoms with E-state index in [1.165, 1.54) is 6.07 Å². The van der Waals surface area contributed by atoms with Gasteiger partial charge in [0.15, 0.2) is 0 Å². The van der Waals surface area contributed by atoms with Gasteiger partial charge in [-0.15, -0.1) is 0 Å². The summed E-state index contributed by atoms with van der Waals surface area (Å²) in [6, 6.07) is 23.5. The van der Waals surface area contributed by atoms with Crippen molar-refractivity contribution in [3.05, 3.63) is 94.8 Å². The summed E-state index contributed by atoms with van der Waals surface area (Å²) in [7, 11) is 1.60. The van der Waals surface area contributed by atoms with E-state index in [0.717, 1.165) is 40.7 Å². The van der Waals surface area contributed by atoms with Crippen LogP contribution >= 0.6 is 0 Å². The first-order valence-corrected chi connectivity index (χ1v) is 13.4.